The van der Waals surface area contributed by atoms with Gasteiger partial charge in [0, 0.05) is 18.2 Å². The molecule has 0 bridgehead atoms. The second-order valence-electron chi connectivity index (χ2n) is 4.10. The molecular formula is C12H16ClF3N2O. The smallest absolute Gasteiger partial charge is 0.330 e. The Morgan fingerprint density at radius 2 is 2.00 bits per heavy atom. The summed E-state index contributed by atoms with van der Waals surface area (Å²) in [7, 11) is 0. The highest BCUT2D eigenvalue weighted by molar-refractivity contribution is 5.93. The van der Waals surface area contributed by atoms with Crippen molar-refractivity contribution in [1.29, 1.82) is 0 Å². The molecule has 0 heterocycles. The number of rotatable bonds is 3. The first kappa shape index (κ1) is 17.7. The Morgan fingerprint density at radius 3 is 2.47 bits per heavy atom. The zero-order valence-corrected chi connectivity index (χ0v) is 11.4. The third-order valence-electron chi connectivity index (χ3n) is 2.70. The first-order chi connectivity index (χ1) is 8.27. The van der Waals surface area contributed by atoms with Gasteiger partial charge in [-0.1, -0.05) is 13.0 Å². The van der Waals surface area contributed by atoms with Gasteiger partial charge in [-0.2, -0.15) is 13.2 Å². The summed E-state index contributed by atoms with van der Waals surface area (Å²) in [5.74, 6) is -0.834. The fraction of sp³-hybridized carbons (Fsp3) is 0.417. The Morgan fingerprint density at radius 1 is 1.42 bits per heavy atom. The standard InChI is InChI=1S/C12H15F3N2O.ClH/c1-7(6-16)11(18)17-10-5-3-4-9(8(10)2)12(13,14)15;/h3-5,7H,6,16H2,1-2H3,(H,17,18);1H. The third-order valence-corrected chi connectivity index (χ3v) is 2.70. The fourth-order valence-electron chi connectivity index (χ4n) is 1.44. The number of anilines is 1. The summed E-state index contributed by atoms with van der Waals surface area (Å²) in [6.07, 6.45) is -4.43. The molecule has 7 heteroatoms. The summed E-state index contributed by atoms with van der Waals surface area (Å²) in [5.41, 5.74) is 4.74. The van der Waals surface area contributed by atoms with Crippen LogP contribution in [0.15, 0.2) is 18.2 Å². The molecule has 0 radical (unpaired) electrons. The molecule has 0 aliphatic carbocycles. The lowest BCUT2D eigenvalue weighted by molar-refractivity contribution is -0.138. The third kappa shape index (κ3) is 4.40. The summed E-state index contributed by atoms with van der Waals surface area (Å²) in [6.45, 7) is 3.08. The molecule has 1 unspecified atom stereocenters. The number of nitrogens with two attached hydrogens (primary N) is 1. The van der Waals surface area contributed by atoms with E-state index < -0.39 is 17.7 Å². The molecule has 1 rings (SSSR count). The molecular weight excluding hydrogens is 281 g/mol. The second-order valence-corrected chi connectivity index (χ2v) is 4.10. The van der Waals surface area contributed by atoms with E-state index in [1.807, 2.05) is 0 Å². The van der Waals surface area contributed by atoms with Crippen LogP contribution in [0.1, 0.15) is 18.1 Å². The fourth-order valence-corrected chi connectivity index (χ4v) is 1.44. The van der Waals surface area contributed by atoms with Crippen molar-refractivity contribution in [2.45, 2.75) is 20.0 Å². The number of hydrogen-bond acceptors (Lipinski definition) is 2. The molecule has 3 N–H and O–H groups in total. The van der Waals surface area contributed by atoms with Crippen LogP contribution in [-0.4, -0.2) is 12.5 Å². The Labute approximate surface area is 115 Å². The molecule has 0 aliphatic heterocycles. The molecule has 19 heavy (non-hydrogen) atoms. The minimum Gasteiger partial charge on any atom is -0.330 e. The number of benzene rings is 1. The number of halogens is 4. The van der Waals surface area contributed by atoms with Gasteiger partial charge in [-0.3, -0.25) is 4.79 Å². The van der Waals surface area contributed by atoms with E-state index in [9.17, 15) is 18.0 Å². The van der Waals surface area contributed by atoms with Crippen LogP contribution in [-0.2, 0) is 11.0 Å². The monoisotopic (exact) mass is 296 g/mol. The zero-order chi connectivity index (χ0) is 13.9. The zero-order valence-electron chi connectivity index (χ0n) is 10.5. The van der Waals surface area contributed by atoms with Gasteiger partial charge in [-0.15, -0.1) is 12.4 Å². The SMILES string of the molecule is Cc1c(NC(=O)C(C)CN)cccc1C(F)(F)F.Cl. The van der Waals surface area contributed by atoms with Gasteiger partial charge in [-0.25, -0.2) is 0 Å². The molecule has 0 aliphatic rings. The summed E-state index contributed by atoms with van der Waals surface area (Å²) in [5, 5.41) is 2.45. The number of carbonyl (C=O) groups is 1. The molecule has 108 valence electrons. The van der Waals surface area contributed by atoms with E-state index in [0.717, 1.165) is 6.07 Å². The Balaban J connectivity index is 0.00000324. The van der Waals surface area contributed by atoms with Gasteiger partial charge < -0.3 is 11.1 Å². The van der Waals surface area contributed by atoms with Crippen molar-refractivity contribution in [2.24, 2.45) is 11.7 Å². The maximum Gasteiger partial charge on any atom is 0.416 e. The van der Waals surface area contributed by atoms with Crippen LogP contribution in [0.25, 0.3) is 0 Å². The molecule has 1 atom stereocenters. The predicted octanol–water partition coefficient (Wildman–Crippen LogP) is 2.97. The lowest BCUT2D eigenvalue weighted by Crippen LogP contribution is -2.27. The maximum atomic E-state index is 12.7. The van der Waals surface area contributed by atoms with Crippen LogP contribution in [0.5, 0.6) is 0 Å². The van der Waals surface area contributed by atoms with Gasteiger partial charge >= 0.3 is 6.18 Å². The van der Waals surface area contributed by atoms with Crippen molar-refractivity contribution < 1.29 is 18.0 Å². The highest BCUT2D eigenvalue weighted by atomic mass is 35.5. The number of amides is 1. The average Bonchev–Trinajstić information content (AvgIpc) is 2.29. The van der Waals surface area contributed by atoms with E-state index in [-0.39, 0.29) is 36.1 Å². The summed E-state index contributed by atoms with van der Waals surface area (Å²) in [6, 6.07) is 3.68. The van der Waals surface area contributed by atoms with E-state index in [1.165, 1.54) is 19.1 Å². The Kier molecular flexibility index (Phi) is 6.32. The van der Waals surface area contributed by atoms with Crippen LogP contribution in [0.2, 0.25) is 0 Å². The van der Waals surface area contributed by atoms with Gasteiger partial charge in [0.2, 0.25) is 5.91 Å². The first-order valence-electron chi connectivity index (χ1n) is 5.45. The van der Waals surface area contributed by atoms with Crippen LogP contribution < -0.4 is 11.1 Å². The minimum absolute atomic E-state index is 0. The van der Waals surface area contributed by atoms with Gasteiger partial charge in [-0.05, 0) is 24.6 Å². The number of hydrogen-bond donors (Lipinski definition) is 2. The molecule has 1 amide bonds. The predicted molar refractivity (Wildman–Crippen MR) is 70.3 cm³/mol. The molecule has 0 saturated carbocycles. The quantitative estimate of drug-likeness (QED) is 0.901. The second kappa shape index (κ2) is 6.77. The van der Waals surface area contributed by atoms with E-state index in [2.05, 4.69) is 5.32 Å². The van der Waals surface area contributed by atoms with Gasteiger partial charge in [0.1, 0.15) is 0 Å². The Hall–Kier alpha value is -1.27. The highest BCUT2D eigenvalue weighted by Crippen LogP contribution is 2.34. The molecule has 1 aromatic rings. The van der Waals surface area contributed by atoms with Gasteiger partial charge in [0.05, 0.1) is 5.56 Å². The molecule has 3 nitrogen and oxygen atoms in total. The molecule has 0 saturated heterocycles. The highest BCUT2D eigenvalue weighted by Gasteiger charge is 2.33. The first-order valence-corrected chi connectivity index (χ1v) is 5.45. The van der Waals surface area contributed by atoms with E-state index in [0.29, 0.717) is 0 Å². The molecule has 1 aromatic carbocycles. The van der Waals surface area contributed by atoms with Crippen molar-refractivity contribution >= 4 is 24.0 Å². The van der Waals surface area contributed by atoms with Crippen molar-refractivity contribution in [3.63, 3.8) is 0 Å². The minimum atomic E-state index is -4.43. The lowest BCUT2D eigenvalue weighted by Gasteiger charge is -2.16. The largest absolute Gasteiger partial charge is 0.416 e. The lowest BCUT2D eigenvalue weighted by atomic mass is 10.1. The van der Waals surface area contributed by atoms with Crippen molar-refractivity contribution in [3.8, 4) is 0 Å². The Bertz CT molecular complexity index is 449. The molecule has 0 fully saturated rings. The van der Waals surface area contributed by atoms with Gasteiger partial charge in [0.25, 0.3) is 0 Å². The summed E-state index contributed by atoms with van der Waals surface area (Å²) < 4.78 is 38.0. The van der Waals surface area contributed by atoms with Gasteiger partial charge in [0.15, 0.2) is 0 Å². The average molecular weight is 297 g/mol. The number of carbonyl (C=O) groups excluding carboxylic acids is 1. The maximum absolute atomic E-state index is 12.7. The van der Waals surface area contributed by atoms with Crippen LogP contribution in [0.4, 0.5) is 18.9 Å². The van der Waals surface area contributed by atoms with Crippen LogP contribution in [0.3, 0.4) is 0 Å². The molecule has 0 aromatic heterocycles. The van der Waals surface area contributed by atoms with Crippen molar-refractivity contribution in [3.05, 3.63) is 29.3 Å². The van der Waals surface area contributed by atoms with Crippen molar-refractivity contribution in [1.82, 2.24) is 0 Å². The molecule has 0 spiro atoms. The van der Waals surface area contributed by atoms with Crippen LogP contribution >= 0.6 is 12.4 Å². The summed E-state index contributed by atoms with van der Waals surface area (Å²) in [4.78, 5) is 11.6. The normalized spacial score (nSPS) is 12.5. The van der Waals surface area contributed by atoms with E-state index in [4.69, 9.17) is 5.73 Å². The summed E-state index contributed by atoms with van der Waals surface area (Å²) >= 11 is 0. The topological polar surface area (TPSA) is 55.1 Å². The van der Waals surface area contributed by atoms with Crippen molar-refractivity contribution in [2.75, 3.05) is 11.9 Å². The van der Waals surface area contributed by atoms with E-state index >= 15 is 0 Å². The number of alkyl halides is 3. The van der Waals surface area contributed by atoms with E-state index in [1.54, 1.807) is 6.92 Å². The number of nitrogens with one attached hydrogen (secondary N) is 1. The van der Waals surface area contributed by atoms with Crippen LogP contribution in [0, 0.1) is 12.8 Å².